The summed E-state index contributed by atoms with van der Waals surface area (Å²) in [4.78, 5) is 12.6. The Morgan fingerprint density at radius 3 is 2.35 bits per heavy atom. The van der Waals surface area contributed by atoms with E-state index in [-0.39, 0.29) is 5.91 Å². The highest BCUT2D eigenvalue weighted by molar-refractivity contribution is 7.85. The van der Waals surface area contributed by atoms with Gasteiger partial charge in [-0.2, -0.15) is 5.26 Å². The number of carbonyl (C=O) groups excluding carboxylic acids is 1. The Balaban J connectivity index is 2.55. The lowest BCUT2D eigenvalue weighted by atomic mass is 10.2. The zero-order chi connectivity index (χ0) is 14.5. The molecular formula is C15H12N2O2S. The van der Waals surface area contributed by atoms with Crippen molar-refractivity contribution in [2.24, 2.45) is 0 Å². The zero-order valence-electron chi connectivity index (χ0n) is 10.8. The van der Waals surface area contributed by atoms with Gasteiger partial charge < -0.3 is 5.32 Å². The van der Waals surface area contributed by atoms with E-state index in [1.807, 2.05) is 6.07 Å². The molecule has 1 amide bonds. The van der Waals surface area contributed by atoms with Crippen molar-refractivity contribution in [1.82, 2.24) is 5.32 Å². The second-order valence-corrected chi connectivity index (χ2v) is 5.37. The van der Waals surface area contributed by atoms with Gasteiger partial charge in [0.2, 0.25) is 0 Å². The maximum atomic E-state index is 12.6. The second-order valence-electron chi connectivity index (χ2n) is 3.95. The molecule has 100 valence electrons. The third kappa shape index (κ3) is 2.60. The van der Waals surface area contributed by atoms with Crippen LogP contribution in [-0.2, 0) is 10.8 Å². The molecule has 0 radical (unpaired) electrons. The van der Waals surface area contributed by atoms with E-state index in [4.69, 9.17) is 5.26 Å². The normalized spacial score (nSPS) is 11.4. The van der Waals surface area contributed by atoms with Crippen molar-refractivity contribution in [3.05, 3.63) is 59.7 Å². The number of benzene rings is 2. The van der Waals surface area contributed by atoms with Crippen molar-refractivity contribution in [3.63, 3.8) is 0 Å². The van der Waals surface area contributed by atoms with Gasteiger partial charge in [0.15, 0.2) is 0 Å². The predicted octanol–water partition coefficient (Wildman–Crippen LogP) is 2.08. The summed E-state index contributed by atoms with van der Waals surface area (Å²) < 4.78 is 12.6. The molecule has 0 saturated heterocycles. The quantitative estimate of drug-likeness (QED) is 0.938. The molecule has 0 bridgehead atoms. The summed E-state index contributed by atoms with van der Waals surface area (Å²) >= 11 is 0. The van der Waals surface area contributed by atoms with Crippen LogP contribution in [0.3, 0.4) is 0 Å². The maximum absolute atomic E-state index is 12.6. The first-order chi connectivity index (χ1) is 9.69. The van der Waals surface area contributed by atoms with Gasteiger partial charge in [0.1, 0.15) is 6.07 Å². The zero-order valence-corrected chi connectivity index (χ0v) is 11.6. The molecule has 0 heterocycles. The van der Waals surface area contributed by atoms with Crippen molar-refractivity contribution in [2.45, 2.75) is 9.79 Å². The average Bonchev–Trinajstić information content (AvgIpc) is 2.53. The van der Waals surface area contributed by atoms with Crippen molar-refractivity contribution < 1.29 is 9.00 Å². The van der Waals surface area contributed by atoms with Crippen LogP contribution in [0.4, 0.5) is 0 Å². The van der Waals surface area contributed by atoms with Gasteiger partial charge in [-0.05, 0) is 24.3 Å². The molecule has 2 aromatic carbocycles. The molecule has 0 aliphatic carbocycles. The van der Waals surface area contributed by atoms with Crippen molar-refractivity contribution in [2.75, 3.05) is 7.05 Å². The third-order valence-corrected chi connectivity index (χ3v) is 4.28. The maximum Gasteiger partial charge on any atom is 0.252 e. The Morgan fingerprint density at radius 2 is 1.70 bits per heavy atom. The summed E-state index contributed by atoms with van der Waals surface area (Å²) in [5.74, 6) is -0.302. The van der Waals surface area contributed by atoms with Crippen LogP contribution in [0.5, 0.6) is 0 Å². The van der Waals surface area contributed by atoms with Crippen molar-refractivity contribution >= 4 is 16.7 Å². The highest BCUT2D eigenvalue weighted by Gasteiger charge is 2.18. The highest BCUT2D eigenvalue weighted by atomic mass is 32.2. The number of nitriles is 1. The molecule has 4 nitrogen and oxygen atoms in total. The number of carbonyl (C=O) groups is 1. The molecule has 5 heteroatoms. The molecule has 0 unspecified atom stereocenters. The van der Waals surface area contributed by atoms with E-state index < -0.39 is 10.8 Å². The summed E-state index contributed by atoms with van der Waals surface area (Å²) in [7, 11) is -0.0562. The molecule has 2 aromatic rings. The smallest absolute Gasteiger partial charge is 0.252 e. The Kier molecular flexibility index (Phi) is 4.28. The SMILES string of the molecule is CNC(=O)c1ccccc1[S@](=O)c1ccccc1C#N. The lowest BCUT2D eigenvalue weighted by Gasteiger charge is -2.09. The fraction of sp³-hybridized carbons (Fsp3) is 0.0667. The van der Waals surface area contributed by atoms with Gasteiger partial charge >= 0.3 is 0 Å². The Bertz CT molecular complexity index is 720. The van der Waals surface area contributed by atoms with Gasteiger partial charge in [-0.1, -0.05) is 24.3 Å². The van der Waals surface area contributed by atoms with Gasteiger partial charge in [0.25, 0.3) is 5.91 Å². The summed E-state index contributed by atoms with van der Waals surface area (Å²) in [5.41, 5.74) is 0.693. The predicted molar refractivity (Wildman–Crippen MR) is 75.7 cm³/mol. The minimum absolute atomic E-state index is 0.302. The van der Waals surface area contributed by atoms with Crippen LogP contribution in [0.2, 0.25) is 0 Å². The van der Waals surface area contributed by atoms with Crippen LogP contribution in [0.25, 0.3) is 0 Å². The number of nitrogens with one attached hydrogen (secondary N) is 1. The van der Waals surface area contributed by atoms with Gasteiger partial charge in [-0.25, -0.2) is 4.21 Å². The van der Waals surface area contributed by atoms with E-state index in [1.165, 1.54) is 7.05 Å². The minimum Gasteiger partial charge on any atom is -0.355 e. The van der Waals surface area contributed by atoms with Crippen LogP contribution in [-0.4, -0.2) is 17.2 Å². The first kappa shape index (κ1) is 14.0. The van der Waals surface area contributed by atoms with E-state index >= 15 is 0 Å². The number of hydrogen-bond acceptors (Lipinski definition) is 3. The first-order valence-corrected chi connectivity index (χ1v) is 7.06. The average molecular weight is 284 g/mol. The molecule has 1 atom stereocenters. The van der Waals surface area contributed by atoms with Crippen LogP contribution < -0.4 is 5.32 Å². The Morgan fingerprint density at radius 1 is 1.10 bits per heavy atom. The lowest BCUT2D eigenvalue weighted by Crippen LogP contribution is -2.19. The molecule has 0 fully saturated rings. The van der Waals surface area contributed by atoms with E-state index in [9.17, 15) is 9.00 Å². The molecule has 0 saturated carbocycles. The molecule has 2 rings (SSSR count). The summed E-state index contributed by atoms with van der Waals surface area (Å²) in [5, 5.41) is 11.6. The van der Waals surface area contributed by atoms with Crippen LogP contribution in [0.1, 0.15) is 15.9 Å². The molecule has 1 N–H and O–H groups in total. The lowest BCUT2D eigenvalue weighted by molar-refractivity contribution is 0.0960. The third-order valence-electron chi connectivity index (χ3n) is 2.77. The van der Waals surface area contributed by atoms with Crippen LogP contribution in [0, 0.1) is 11.3 Å². The molecular weight excluding hydrogens is 272 g/mol. The largest absolute Gasteiger partial charge is 0.355 e. The monoisotopic (exact) mass is 284 g/mol. The van der Waals surface area contributed by atoms with E-state index in [1.54, 1.807) is 48.5 Å². The van der Waals surface area contributed by atoms with Gasteiger partial charge in [0, 0.05) is 7.05 Å². The summed E-state index contributed by atoms with van der Waals surface area (Å²) in [6, 6.07) is 15.4. The van der Waals surface area contributed by atoms with Gasteiger partial charge in [0.05, 0.1) is 31.7 Å². The fourth-order valence-corrected chi connectivity index (χ4v) is 3.10. The Labute approximate surface area is 119 Å². The standard InChI is InChI=1S/C15H12N2O2S/c1-17-15(18)12-7-3-5-9-14(12)20(19)13-8-4-2-6-11(13)10-16/h2-9H,1H3,(H,17,18)/t20-/m1/s1. The molecule has 0 spiro atoms. The first-order valence-electron chi connectivity index (χ1n) is 5.91. The van der Waals surface area contributed by atoms with E-state index in [0.717, 1.165) is 0 Å². The highest BCUT2D eigenvalue weighted by Crippen LogP contribution is 2.22. The summed E-state index contributed by atoms with van der Waals surface area (Å²) in [6.45, 7) is 0. The number of rotatable bonds is 3. The number of nitrogens with zero attached hydrogens (tertiary/aromatic N) is 1. The molecule has 0 aliphatic rings. The van der Waals surface area contributed by atoms with E-state index in [0.29, 0.717) is 20.9 Å². The van der Waals surface area contributed by atoms with E-state index in [2.05, 4.69) is 5.32 Å². The molecule has 0 aliphatic heterocycles. The number of amides is 1. The number of hydrogen-bond donors (Lipinski definition) is 1. The second kappa shape index (κ2) is 6.13. The van der Waals surface area contributed by atoms with Crippen LogP contribution in [0.15, 0.2) is 58.3 Å². The summed E-state index contributed by atoms with van der Waals surface area (Å²) in [6.07, 6.45) is 0. The fourth-order valence-electron chi connectivity index (χ4n) is 1.79. The van der Waals surface area contributed by atoms with Crippen molar-refractivity contribution in [3.8, 4) is 6.07 Å². The van der Waals surface area contributed by atoms with Gasteiger partial charge in [-0.15, -0.1) is 0 Å². The minimum atomic E-state index is -1.58. The molecule has 0 aromatic heterocycles. The van der Waals surface area contributed by atoms with Crippen LogP contribution >= 0.6 is 0 Å². The van der Waals surface area contributed by atoms with Crippen molar-refractivity contribution in [1.29, 1.82) is 5.26 Å². The Hall–Kier alpha value is -2.45. The van der Waals surface area contributed by atoms with Gasteiger partial charge in [-0.3, -0.25) is 4.79 Å². The topological polar surface area (TPSA) is 70.0 Å². The molecule has 20 heavy (non-hydrogen) atoms.